The molecule has 4 heteroatoms. The number of hydrogen-bond acceptors (Lipinski definition) is 1. The maximum atomic E-state index is 12.5. The molecule has 1 heterocycles. The van der Waals surface area contributed by atoms with Gasteiger partial charge in [0.1, 0.15) is 5.76 Å². The molecule has 18 heavy (non-hydrogen) atoms. The van der Waals surface area contributed by atoms with Crippen molar-refractivity contribution < 1.29 is 17.6 Å². The van der Waals surface area contributed by atoms with E-state index in [0.717, 1.165) is 12.1 Å². The molecule has 1 aromatic heterocycles. The number of furan rings is 1. The lowest BCUT2D eigenvalue weighted by atomic mass is 10.1. The van der Waals surface area contributed by atoms with E-state index in [0.29, 0.717) is 17.1 Å². The first-order valence-corrected chi connectivity index (χ1v) is 5.21. The summed E-state index contributed by atoms with van der Waals surface area (Å²) in [5.74, 6) is 6.47. The van der Waals surface area contributed by atoms with Crippen LogP contribution in [-0.2, 0) is 6.18 Å². The SMILES string of the molecule is Cc1ccc(C#Cc2cccc(C(F)(F)F)c2)o1. The molecule has 0 radical (unpaired) electrons. The molecule has 0 spiro atoms. The van der Waals surface area contributed by atoms with Gasteiger partial charge in [-0.05, 0) is 43.2 Å². The van der Waals surface area contributed by atoms with Crippen LogP contribution in [-0.4, -0.2) is 0 Å². The molecular formula is C14H9F3O. The monoisotopic (exact) mass is 250 g/mol. The van der Waals surface area contributed by atoms with Crippen LogP contribution in [0.15, 0.2) is 40.8 Å². The highest BCUT2D eigenvalue weighted by atomic mass is 19.4. The van der Waals surface area contributed by atoms with Gasteiger partial charge in [0.05, 0.1) is 5.56 Å². The molecule has 2 aromatic rings. The lowest BCUT2D eigenvalue weighted by molar-refractivity contribution is -0.137. The molecule has 92 valence electrons. The van der Waals surface area contributed by atoms with Gasteiger partial charge in [0.2, 0.25) is 0 Å². The van der Waals surface area contributed by atoms with Gasteiger partial charge < -0.3 is 4.42 Å². The van der Waals surface area contributed by atoms with Crippen molar-refractivity contribution in [2.45, 2.75) is 13.1 Å². The minimum atomic E-state index is -4.35. The summed E-state index contributed by atoms with van der Waals surface area (Å²) in [7, 11) is 0. The van der Waals surface area contributed by atoms with Crippen LogP contribution in [0.5, 0.6) is 0 Å². The maximum Gasteiger partial charge on any atom is 0.416 e. The minimum absolute atomic E-state index is 0.305. The number of alkyl halides is 3. The largest absolute Gasteiger partial charge is 0.453 e. The van der Waals surface area contributed by atoms with Gasteiger partial charge in [-0.15, -0.1) is 0 Å². The molecule has 1 aromatic carbocycles. The van der Waals surface area contributed by atoms with Crippen LogP contribution in [0.1, 0.15) is 22.6 Å². The first kappa shape index (κ1) is 12.3. The third kappa shape index (κ3) is 2.95. The molecule has 0 amide bonds. The van der Waals surface area contributed by atoms with E-state index in [4.69, 9.17) is 4.42 Å². The summed E-state index contributed by atoms with van der Waals surface area (Å²) in [6, 6.07) is 8.31. The zero-order chi connectivity index (χ0) is 13.2. The highest BCUT2D eigenvalue weighted by Crippen LogP contribution is 2.29. The lowest BCUT2D eigenvalue weighted by Gasteiger charge is -2.05. The van der Waals surface area contributed by atoms with Crippen molar-refractivity contribution in [1.82, 2.24) is 0 Å². The topological polar surface area (TPSA) is 13.1 Å². The number of hydrogen-bond donors (Lipinski definition) is 0. The summed E-state index contributed by atoms with van der Waals surface area (Å²) in [4.78, 5) is 0. The average Bonchev–Trinajstić information content (AvgIpc) is 2.72. The molecule has 0 N–H and O–H groups in total. The van der Waals surface area contributed by atoms with Gasteiger partial charge in [-0.25, -0.2) is 0 Å². The molecule has 0 saturated carbocycles. The van der Waals surface area contributed by atoms with Crippen LogP contribution >= 0.6 is 0 Å². The van der Waals surface area contributed by atoms with Crippen LogP contribution < -0.4 is 0 Å². The minimum Gasteiger partial charge on any atom is -0.453 e. The lowest BCUT2D eigenvalue weighted by Crippen LogP contribution is -2.04. The van der Waals surface area contributed by atoms with E-state index in [1.165, 1.54) is 12.1 Å². The molecule has 0 saturated heterocycles. The second kappa shape index (κ2) is 4.61. The molecule has 1 nitrogen and oxygen atoms in total. The summed E-state index contributed by atoms with van der Waals surface area (Å²) in [6.45, 7) is 1.77. The van der Waals surface area contributed by atoms with Crippen molar-refractivity contribution in [3.05, 3.63) is 59.0 Å². The summed E-state index contributed by atoms with van der Waals surface area (Å²) in [6.07, 6.45) is -4.35. The van der Waals surface area contributed by atoms with Crippen molar-refractivity contribution in [1.29, 1.82) is 0 Å². The van der Waals surface area contributed by atoms with Gasteiger partial charge in [-0.1, -0.05) is 12.0 Å². The van der Waals surface area contributed by atoms with E-state index in [1.54, 1.807) is 19.1 Å². The summed E-state index contributed by atoms with van der Waals surface area (Å²) >= 11 is 0. The van der Waals surface area contributed by atoms with Gasteiger partial charge in [0, 0.05) is 5.56 Å². The normalized spacial score (nSPS) is 10.9. The fourth-order valence-electron chi connectivity index (χ4n) is 1.41. The van der Waals surface area contributed by atoms with Crippen LogP contribution in [0.3, 0.4) is 0 Å². The zero-order valence-electron chi connectivity index (χ0n) is 9.51. The molecule has 0 fully saturated rings. The van der Waals surface area contributed by atoms with E-state index >= 15 is 0 Å². The van der Waals surface area contributed by atoms with Crippen LogP contribution in [0.4, 0.5) is 13.2 Å². The van der Waals surface area contributed by atoms with Gasteiger partial charge in [0.25, 0.3) is 0 Å². The quantitative estimate of drug-likeness (QED) is 0.644. The molecule has 0 aliphatic heterocycles. The third-order valence-electron chi connectivity index (χ3n) is 2.26. The van der Waals surface area contributed by atoms with E-state index < -0.39 is 11.7 Å². The summed E-state index contributed by atoms with van der Waals surface area (Å²) in [5, 5.41) is 0. The predicted molar refractivity (Wildman–Crippen MR) is 60.9 cm³/mol. The predicted octanol–water partition coefficient (Wildman–Crippen LogP) is 4.01. The Bertz CT molecular complexity index is 612. The Morgan fingerprint density at radius 1 is 1.06 bits per heavy atom. The van der Waals surface area contributed by atoms with Crippen molar-refractivity contribution in [3.8, 4) is 11.8 Å². The van der Waals surface area contributed by atoms with Gasteiger partial charge in [-0.2, -0.15) is 13.2 Å². The number of benzene rings is 1. The highest BCUT2D eigenvalue weighted by Gasteiger charge is 2.30. The van der Waals surface area contributed by atoms with Crippen molar-refractivity contribution in [2.24, 2.45) is 0 Å². The van der Waals surface area contributed by atoms with E-state index in [-0.39, 0.29) is 0 Å². The number of halogens is 3. The first-order chi connectivity index (χ1) is 8.45. The van der Waals surface area contributed by atoms with E-state index in [1.807, 2.05) is 0 Å². The second-order valence-corrected chi connectivity index (χ2v) is 3.74. The third-order valence-corrected chi connectivity index (χ3v) is 2.26. The van der Waals surface area contributed by atoms with Crippen LogP contribution in [0.25, 0.3) is 0 Å². The van der Waals surface area contributed by atoms with Crippen LogP contribution in [0.2, 0.25) is 0 Å². The zero-order valence-corrected chi connectivity index (χ0v) is 9.51. The fourth-order valence-corrected chi connectivity index (χ4v) is 1.41. The van der Waals surface area contributed by atoms with Crippen molar-refractivity contribution in [3.63, 3.8) is 0 Å². The average molecular weight is 250 g/mol. The van der Waals surface area contributed by atoms with Crippen molar-refractivity contribution >= 4 is 0 Å². The Morgan fingerprint density at radius 3 is 2.44 bits per heavy atom. The summed E-state index contributed by atoms with van der Waals surface area (Å²) < 4.78 is 42.6. The maximum absolute atomic E-state index is 12.5. The van der Waals surface area contributed by atoms with Gasteiger partial charge in [-0.3, -0.25) is 0 Å². The van der Waals surface area contributed by atoms with Crippen LogP contribution in [0, 0.1) is 18.8 Å². The van der Waals surface area contributed by atoms with Gasteiger partial charge >= 0.3 is 6.18 Å². The number of rotatable bonds is 0. The molecule has 2 rings (SSSR count). The van der Waals surface area contributed by atoms with Crippen molar-refractivity contribution in [2.75, 3.05) is 0 Å². The molecular weight excluding hydrogens is 241 g/mol. The Balaban J connectivity index is 2.28. The Labute approximate surface area is 102 Å². The smallest absolute Gasteiger partial charge is 0.416 e. The first-order valence-electron chi connectivity index (χ1n) is 5.21. The highest BCUT2D eigenvalue weighted by molar-refractivity contribution is 5.41. The second-order valence-electron chi connectivity index (χ2n) is 3.74. The van der Waals surface area contributed by atoms with Gasteiger partial charge in [0.15, 0.2) is 5.76 Å². The molecule has 0 aliphatic rings. The molecule has 0 aliphatic carbocycles. The molecule has 0 bridgehead atoms. The number of aryl methyl sites for hydroxylation is 1. The van der Waals surface area contributed by atoms with E-state index in [9.17, 15) is 13.2 Å². The standard InChI is InChI=1S/C14H9F3O/c1-10-5-7-13(18-10)8-6-11-3-2-4-12(9-11)14(15,16)17/h2-5,7,9H,1H3. The Morgan fingerprint density at radius 2 is 1.83 bits per heavy atom. The molecule has 0 unspecified atom stereocenters. The Hall–Kier alpha value is -2.15. The fraction of sp³-hybridized carbons (Fsp3) is 0.143. The Kier molecular flexibility index (Phi) is 3.15. The molecule has 0 atom stereocenters. The van der Waals surface area contributed by atoms with E-state index in [2.05, 4.69) is 11.8 Å². The summed E-state index contributed by atoms with van der Waals surface area (Å²) in [5.41, 5.74) is -0.399.